The molecule has 1 N–H and O–H groups in total. The molecule has 94 valence electrons. The van der Waals surface area contributed by atoms with E-state index in [1.54, 1.807) is 12.1 Å². The molecule has 0 aliphatic carbocycles. The Morgan fingerprint density at radius 2 is 2.06 bits per heavy atom. The van der Waals surface area contributed by atoms with Gasteiger partial charge >= 0.3 is 5.97 Å². The van der Waals surface area contributed by atoms with Crippen molar-refractivity contribution in [3.63, 3.8) is 0 Å². The highest BCUT2D eigenvalue weighted by molar-refractivity contribution is 5.96. The molecule has 0 aliphatic heterocycles. The number of hydrogen-bond donors (Lipinski definition) is 1. The van der Waals surface area contributed by atoms with Crippen molar-refractivity contribution in [3.8, 4) is 5.75 Å². The van der Waals surface area contributed by atoms with Crippen LogP contribution in [0.4, 0.5) is 0 Å². The number of rotatable bonds is 4. The molecule has 2 aromatic rings. The average Bonchev–Trinajstić information content (AvgIpc) is 2.35. The van der Waals surface area contributed by atoms with E-state index in [0.717, 1.165) is 0 Å². The number of ether oxygens (including phenoxy) is 1. The standard InChI is InChI=1S/C13H14N2O3/c1-8(2)7-18-12-9-5-3-4-6-10(9)14-15-11(12)13(16)17/h3-6,8H,7H2,1-2H3,(H,16,17). The number of carboxylic acids is 1. The van der Waals surface area contributed by atoms with E-state index >= 15 is 0 Å². The Hall–Kier alpha value is -2.17. The van der Waals surface area contributed by atoms with Crippen molar-refractivity contribution < 1.29 is 14.6 Å². The Kier molecular flexibility index (Phi) is 3.41. The molecule has 0 saturated heterocycles. The lowest BCUT2D eigenvalue weighted by Crippen LogP contribution is -2.11. The second kappa shape index (κ2) is 5.00. The van der Waals surface area contributed by atoms with Gasteiger partial charge in [0.1, 0.15) is 0 Å². The predicted octanol–water partition coefficient (Wildman–Crippen LogP) is 2.36. The minimum Gasteiger partial charge on any atom is -0.490 e. The van der Waals surface area contributed by atoms with Gasteiger partial charge in [-0.2, -0.15) is 0 Å². The number of hydrogen-bond acceptors (Lipinski definition) is 4. The fourth-order valence-electron chi connectivity index (χ4n) is 1.57. The Morgan fingerprint density at radius 3 is 2.72 bits per heavy atom. The summed E-state index contributed by atoms with van der Waals surface area (Å²) >= 11 is 0. The lowest BCUT2D eigenvalue weighted by Gasteiger charge is -2.12. The largest absolute Gasteiger partial charge is 0.490 e. The normalized spacial score (nSPS) is 10.8. The molecule has 1 heterocycles. The zero-order valence-corrected chi connectivity index (χ0v) is 10.3. The van der Waals surface area contributed by atoms with Crippen molar-refractivity contribution >= 4 is 16.9 Å². The average molecular weight is 246 g/mol. The molecule has 0 fully saturated rings. The van der Waals surface area contributed by atoms with E-state index in [-0.39, 0.29) is 5.69 Å². The monoisotopic (exact) mass is 246 g/mol. The number of aromatic carboxylic acids is 1. The summed E-state index contributed by atoms with van der Waals surface area (Å²) in [7, 11) is 0. The summed E-state index contributed by atoms with van der Waals surface area (Å²) in [6.45, 7) is 4.43. The fourth-order valence-corrected chi connectivity index (χ4v) is 1.57. The molecular formula is C13H14N2O3. The molecule has 0 amide bonds. The van der Waals surface area contributed by atoms with Crippen LogP contribution in [0, 0.1) is 5.92 Å². The lowest BCUT2D eigenvalue weighted by molar-refractivity contribution is 0.0683. The third-order valence-electron chi connectivity index (χ3n) is 2.39. The summed E-state index contributed by atoms with van der Waals surface area (Å²) in [5, 5.41) is 17.4. The zero-order chi connectivity index (χ0) is 13.1. The van der Waals surface area contributed by atoms with Crippen LogP contribution in [-0.4, -0.2) is 27.9 Å². The number of benzene rings is 1. The number of aromatic nitrogens is 2. The molecule has 0 unspecified atom stereocenters. The molecule has 0 radical (unpaired) electrons. The van der Waals surface area contributed by atoms with Crippen molar-refractivity contribution in [1.29, 1.82) is 0 Å². The Labute approximate surface area is 104 Å². The smallest absolute Gasteiger partial charge is 0.360 e. The molecule has 0 spiro atoms. The predicted molar refractivity (Wildman–Crippen MR) is 66.8 cm³/mol. The maximum absolute atomic E-state index is 11.1. The van der Waals surface area contributed by atoms with Crippen LogP contribution in [0.15, 0.2) is 24.3 Å². The summed E-state index contributed by atoms with van der Waals surface area (Å²) in [6.07, 6.45) is 0. The molecule has 5 heteroatoms. The third kappa shape index (κ3) is 2.40. The first kappa shape index (κ1) is 12.3. The molecule has 0 aliphatic rings. The Bertz CT molecular complexity index is 581. The van der Waals surface area contributed by atoms with E-state index in [0.29, 0.717) is 29.2 Å². The molecular weight excluding hydrogens is 232 g/mol. The quantitative estimate of drug-likeness (QED) is 0.896. The van der Waals surface area contributed by atoms with Crippen LogP contribution in [0.1, 0.15) is 24.3 Å². The summed E-state index contributed by atoms with van der Waals surface area (Å²) in [6, 6.07) is 7.20. The lowest BCUT2D eigenvalue weighted by atomic mass is 10.2. The number of carboxylic acid groups (broad SMARTS) is 1. The molecule has 0 atom stereocenters. The van der Waals surface area contributed by atoms with E-state index in [2.05, 4.69) is 10.2 Å². The Morgan fingerprint density at radius 1 is 1.33 bits per heavy atom. The van der Waals surface area contributed by atoms with Crippen LogP contribution in [-0.2, 0) is 0 Å². The molecule has 0 bridgehead atoms. The van der Waals surface area contributed by atoms with Crippen LogP contribution in [0.25, 0.3) is 10.9 Å². The first-order valence-electron chi connectivity index (χ1n) is 5.71. The van der Waals surface area contributed by atoms with Gasteiger partial charge in [-0.05, 0) is 18.1 Å². The molecule has 2 rings (SSSR count). The van der Waals surface area contributed by atoms with Crippen molar-refractivity contribution in [2.45, 2.75) is 13.8 Å². The summed E-state index contributed by atoms with van der Waals surface area (Å²) in [4.78, 5) is 11.1. The van der Waals surface area contributed by atoms with Gasteiger partial charge in [-0.25, -0.2) is 4.79 Å². The van der Waals surface area contributed by atoms with Gasteiger partial charge in [0, 0.05) is 5.39 Å². The van der Waals surface area contributed by atoms with Gasteiger partial charge in [0.25, 0.3) is 0 Å². The van der Waals surface area contributed by atoms with Gasteiger partial charge in [-0.1, -0.05) is 26.0 Å². The maximum Gasteiger partial charge on any atom is 0.360 e. The second-order valence-corrected chi connectivity index (χ2v) is 4.40. The number of fused-ring (bicyclic) bond motifs is 1. The van der Waals surface area contributed by atoms with Crippen molar-refractivity contribution in [3.05, 3.63) is 30.0 Å². The highest BCUT2D eigenvalue weighted by Gasteiger charge is 2.18. The second-order valence-electron chi connectivity index (χ2n) is 4.40. The molecule has 18 heavy (non-hydrogen) atoms. The molecule has 1 aromatic heterocycles. The maximum atomic E-state index is 11.1. The third-order valence-corrected chi connectivity index (χ3v) is 2.39. The van der Waals surface area contributed by atoms with Crippen molar-refractivity contribution in [1.82, 2.24) is 10.2 Å². The van der Waals surface area contributed by atoms with E-state index in [1.807, 2.05) is 26.0 Å². The summed E-state index contributed by atoms with van der Waals surface area (Å²) in [5.74, 6) is -0.535. The topological polar surface area (TPSA) is 72.3 Å². The van der Waals surface area contributed by atoms with E-state index in [9.17, 15) is 4.79 Å². The van der Waals surface area contributed by atoms with Crippen LogP contribution >= 0.6 is 0 Å². The Balaban J connectivity index is 2.55. The van der Waals surface area contributed by atoms with Gasteiger partial charge < -0.3 is 9.84 Å². The van der Waals surface area contributed by atoms with Gasteiger partial charge in [-0.15, -0.1) is 10.2 Å². The van der Waals surface area contributed by atoms with Gasteiger partial charge in [0.2, 0.25) is 5.69 Å². The van der Waals surface area contributed by atoms with Gasteiger partial charge in [-0.3, -0.25) is 0 Å². The van der Waals surface area contributed by atoms with Crippen LogP contribution in [0.5, 0.6) is 5.75 Å². The highest BCUT2D eigenvalue weighted by Crippen LogP contribution is 2.27. The van der Waals surface area contributed by atoms with Gasteiger partial charge in [0.05, 0.1) is 12.1 Å². The zero-order valence-electron chi connectivity index (χ0n) is 10.3. The number of nitrogens with zero attached hydrogens (tertiary/aromatic N) is 2. The first-order chi connectivity index (χ1) is 8.59. The minimum atomic E-state index is -1.13. The first-order valence-corrected chi connectivity index (χ1v) is 5.71. The van der Waals surface area contributed by atoms with Crippen LogP contribution in [0.3, 0.4) is 0 Å². The van der Waals surface area contributed by atoms with Crippen molar-refractivity contribution in [2.75, 3.05) is 6.61 Å². The van der Waals surface area contributed by atoms with E-state index < -0.39 is 5.97 Å². The van der Waals surface area contributed by atoms with Gasteiger partial charge in [0.15, 0.2) is 5.75 Å². The SMILES string of the molecule is CC(C)COc1c(C(=O)O)nnc2ccccc12. The minimum absolute atomic E-state index is 0.144. The van der Waals surface area contributed by atoms with Crippen LogP contribution < -0.4 is 4.74 Å². The highest BCUT2D eigenvalue weighted by atomic mass is 16.5. The van der Waals surface area contributed by atoms with Crippen molar-refractivity contribution in [2.24, 2.45) is 5.92 Å². The molecule has 5 nitrogen and oxygen atoms in total. The van der Waals surface area contributed by atoms with E-state index in [4.69, 9.17) is 9.84 Å². The van der Waals surface area contributed by atoms with E-state index in [1.165, 1.54) is 0 Å². The molecule has 1 aromatic carbocycles. The number of carbonyl (C=O) groups is 1. The summed E-state index contributed by atoms with van der Waals surface area (Å²) in [5.41, 5.74) is 0.482. The van der Waals surface area contributed by atoms with Crippen LogP contribution in [0.2, 0.25) is 0 Å². The fraction of sp³-hybridized carbons (Fsp3) is 0.308. The summed E-state index contributed by atoms with van der Waals surface area (Å²) < 4.78 is 5.59. The molecule has 0 saturated carbocycles.